The molecule has 1 saturated carbocycles. The number of nitrogens with one attached hydrogen (secondary N) is 1. The maximum absolute atomic E-state index is 11.6. The Morgan fingerprint density at radius 2 is 2.05 bits per heavy atom. The fourth-order valence-electron chi connectivity index (χ4n) is 3.05. The molecule has 0 unspecified atom stereocenters. The smallest absolute Gasteiger partial charge is 0.240 e. The van der Waals surface area contributed by atoms with Crippen LogP contribution >= 0.6 is 11.6 Å². The molecule has 20 heavy (non-hydrogen) atoms. The molecular formula is C15H20ClN3O. The number of halogens is 1. The first kappa shape index (κ1) is 14.9. The van der Waals surface area contributed by atoms with E-state index in [1.54, 1.807) is 0 Å². The SMILES string of the molecule is Cc1c(C#N)c(NC(=O)CCl)n(C2CCCCC2)c1C. The molecule has 0 aromatic carbocycles. The molecule has 1 aromatic heterocycles. The Balaban J connectivity index is 2.47. The van der Waals surface area contributed by atoms with E-state index >= 15 is 0 Å². The van der Waals surface area contributed by atoms with Crippen molar-refractivity contribution >= 4 is 23.3 Å². The van der Waals surface area contributed by atoms with E-state index in [1.807, 2.05) is 13.8 Å². The largest absolute Gasteiger partial charge is 0.327 e. The summed E-state index contributed by atoms with van der Waals surface area (Å²) in [5.41, 5.74) is 2.58. The number of carbonyl (C=O) groups excluding carboxylic acids is 1. The van der Waals surface area contributed by atoms with Gasteiger partial charge < -0.3 is 9.88 Å². The van der Waals surface area contributed by atoms with Crippen molar-refractivity contribution in [1.82, 2.24) is 4.57 Å². The standard InChI is InChI=1S/C15H20ClN3O/c1-10-11(2)19(12-6-4-3-5-7-12)15(13(10)9-17)18-14(20)8-16/h12H,3-8H2,1-2H3,(H,18,20). The third kappa shape index (κ3) is 2.69. The summed E-state index contributed by atoms with van der Waals surface area (Å²) in [7, 11) is 0. The van der Waals surface area contributed by atoms with E-state index in [-0.39, 0.29) is 11.8 Å². The van der Waals surface area contributed by atoms with Gasteiger partial charge in [0.1, 0.15) is 17.8 Å². The monoisotopic (exact) mass is 293 g/mol. The molecule has 1 amide bonds. The van der Waals surface area contributed by atoms with E-state index in [9.17, 15) is 10.1 Å². The van der Waals surface area contributed by atoms with Gasteiger partial charge in [0.05, 0.1) is 5.56 Å². The minimum absolute atomic E-state index is 0.0984. The Kier molecular flexibility index (Phi) is 4.72. The first-order valence-electron chi connectivity index (χ1n) is 7.07. The van der Waals surface area contributed by atoms with Crippen LogP contribution in [0.25, 0.3) is 0 Å². The van der Waals surface area contributed by atoms with Crippen molar-refractivity contribution in [2.75, 3.05) is 11.2 Å². The highest BCUT2D eigenvalue weighted by Gasteiger charge is 2.25. The van der Waals surface area contributed by atoms with Crippen molar-refractivity contribution in [1.29, 1.82) is 5.26 Å². The van der Waals surface area contributed by atoms with Crippen LogP contribution in [0, 0.1) is 25.2 Å². The summed E-state index contributed by atoms with van der Waals surface area (Å²) in [6.07, 6.45) is 5.87. The van der Waals surface area contributed by atoms with Crippen molar-refractivity contribution in [2.45, 2.75) is 52.0 Å². The van der Waals surface area contributed by atoms with Crippen LogP contribution in [0.4, 0.5) is 5.82 Å². The van der Waals surface area contributed by atoms with Crippen molar-refractivity contribution in [3.8, 4) is 6.07 Å². The lowest BCUT2D eigenvalue weighted by molar-refractivity contribution is -0.114. The highest BCUT2D eigenvalue weighted by Crippen LogP contribution is 2.36. The van der Waals surface area contributed by atoms with Gasteiger partial charge in [0.25, 0.3) is 0 Å². The number of nitriles is 1. The predicted molar refractivity (Wildman–Crippen MR) is 80.1 cm³/mol. The second-order valence-corrected chi connectivity index (χ2v) is 5.66. The average Bonchev–Trinajstić information content (AvgIpc) is 2.71. The van der Waals surface area contributed by atoms with Crippen LogP contribution in [-0.4, -0.2) is 16.4 Å². The number of alkyl halides is 1. The maximum atomic E-state index is 11.6. The Hall–Kier alpha value is -1.47. The molecule has 108 valence electrons. The number of anilines is 1. The van der Waals surface area contributed by atoms with Gasteiger partial charge in [-0.1, -0.05) is 19.3 Å². The maximum Gasteiger partial charge on any atom is 0.240 e. The van der Waals surface area contributed by atoms with Crippen LogP contribution in [-0.2, 0) is 4.79 Å². The first-order chi connectivity index (χ1) is 9.60. The molecule has 1 heterocycles. The van der Waals surface area contributed by atoms with Gasteiger partial charge >= 0.3 is 0 Å². The van der Waals surface area contributed by atoms with E-state index < -0.39 is 0 Å². The molecule has 1 aliphatic carbocycles. The van der Waals surface area contributed by atoms with E-state index in [2.05, 4.69) is 16.0 Å². The minimum Gasteiger partial charge on any atom is -0.327 e. The van der Waals surface area contributed by atoms with Gasteiger partial charge in [-0.05, 0) is 32.3 Å². The van der Waals surface area contributed by atoms with Crippen LogP contribution in [0.1, 0.15) is 55.0 Å². The first-order valence-corrected chi connectivity index (χ1v) is 7.60. The van der Waals surface area contributed by atoms with Gasteiger partial charge in [-0.25, -0.2) is 0 Å². The van der Waals surface area contributed by atoms with Crippen LogP contribution < -0.4 is 5.32 Å². The molecule has 0 spiro atoms. The fraction of sp³-hybridized carbons (Fsp3) is 0.600. The Labute approximate surface area is 124 Å². The number of nitrogens with zero attached hydrogens (tertiary/aromatic N) is 2. The zero-order valence-electron chi connectivity index (χ0n) is 12.0. The number of hydrogen-bond acceptors (Lipinski definition) is 2. The van der Waals surface area contributed by atoms with Gasteiger partial charge in [0.2, 0.25) is 5.91 Å². The Bertz CT molecular complexity index is 550. The topological polar surface area (TPSA) is 57.8 Å². The summed E-state index contributed by atoms with van der Waals surface area (Å²) in [5.74, 6) is 0.261. The molecular weight excluding hydrogens is 274 g/mol. The number of hydrogen-bond donors (Lipinski definition) is 1. The third-order valence-corrected chi connectivity index (χ3v) is 4.43. The molecule has 1 aliphatic rings. The molecule has 1 fully saturated rings. The van der Waals surface area contributed by atoms with E-state index in [1.165, 1.54) is 19.3 Å². The van der Waals surface area contributed by atoms with Crippen molar-refractivity contribution in [3.05, 3.63) is 16.8 Å². The van der Waals surface area contributed by atoms with Crippen LogP contribution in [0.2, 0.25) is 0 Å². The summed E-state index contributed by atoms with van der Waals surface area (Å²) in [5, 5.41) is 12.2. The summed E-state index contributed by atoms with van der Waals surface area (Å²) in [4.78, 5) is 11.6. The second kappa shape index (κ2) is 6.32. The fourth-order valence-corrected chi connectivity index (χ4v) is 3.11. The molecule has 0 atom stereocenters. The summed E-state index contributed by atoms with van der Waals surface area (Å²) in [6.45, 7) is 3.95. The van der Waals surface area contributed by atoms with E-state index in [0.717, 1.165) is 24.1 Å². The van der Waals surface area contributed by atoms with Crippen molar-refractivity contribution in [3.63, 3.8) is 0 Å². The van der Waals surface area contributed by atoms with E-state index in [0.29, 0.717) is 17.4 Å². The van der Waals surface area contributed by atoms with Crippen LogP contribution in [0.5, 0.6) is 0 Å². The summed E-state index contributed by atoms with van der Waals surface area (Å²) >= 11 is 5.58. The molecule has 2 rings (SSSR count). The lowest BCUT2D eigenvalue weighted by Crippen LogP contribution is -2.21. The molecule has 1 aromatic rings. The number of carbonyl (C=O) groups is 1. The summed E-state index contributed by atoms with van der Waals surface area (Å²) < 4.78 is 2.14. The molecule has 5 heteroatoms. The highest BCUT2D eigenvalue weighted by atomic mass is 35.5. The number of rotatable bonds is 3. The molecule has 0 radical (unpaired) electrons. The van der Waals surface area contributed by atoms with Gasteiger partial charge in [-0.3, -0.25) is 4.79 Å². The molecule has 1 N–H and O–H groups in total. The number of aromatic nitrogens is 1. The predicted octanol–water partition coefficient (Wildman–Crippen LogP) is 3.66. The highest BCUT2D eigenvalue weighted by molar-refractivity contribution is 6.29. The van der Waals surface area contributed by atoms with Gasteiger partial charge in [0, 0.05) is 11.7 Å². The Morgan fingerprint density at radius 3 is 2.60 bits per heavy atom. The lowest BCUT2D eigenvalue weighted by Gasteiger charge is -2.27. The molecule has 4 nitrogen and oxygen atoms in total. The van der Waals surface area contributed by atoms with Gasteiger partial charge in [-0.15, -0.1) is 11.6 Å². The van der Waals surface area contributed by atoms with E-state index in [4.69, 9.17) is 11.6 Å². The molecule has 0 saturated heterocycles. The zero-order valence-corrected chi connectivity index (χ0v) is 12.8. The van der Waals surface area contributed by atoms with Crippen molar-refractivity contribution in [2.24, 2.45) is 0 Å². The second-order valence-electron chi connectivity index (χ2n) is 5.39. The lowest BCUT2D eigenvalue weighted by atomic mass is 9.95. The summed E-state index contributed by atoms with van der Waals surface area (Å²) in [6, 6.07) is 2.59. The van der Waals surface area contributed by atoms with Crippen LogP contribution in [0.3, 0.4) is 0 Å². The number of amides is 1. The van der Waals surface area contributed by atoms with Crippen molar-refractivity contribution < 1.29 is 4.79 Å². The average molecular weight is 294 g/mol. The molecule has 0 aliphatic heterocycles. The van der Waals surface area contributed by atoms with Crippen LogP contribution in [0.15, 0.2) is 0 Å². The zero-order chi connectivity index (χ0) is 14.7. The molecule has 0 bridgehead atoms. The normalized spacial score (nSPS) is 15.9. The Morgan fingerprint density at radius 1 is 1.40 bits per heavy atom. The minimum atomic E-state index is -0.266. The van der Waals surface area contributed by atoms with Gasteiger partial charge in [0.15, 0.2) is 0 Å². The quantitative estimate of drug-likeness (QED) is 0.865. The van der Waals surface area contributed by atoms with Gasteiger partial charge in [-0.2, -0.15) is 5.26 Å². The third-order valence-electron chi connectivity index (χ3n) is 4.19.